The molecule has 5 heteroatoms. The predicted octanol–water partition coefficient (Wildman–Crippen LogP) is 3.28. The van der Waals surface area contributed by atoms with E-state index in [1.54, 1.807) is 12.1 Å². The molecule has 16 heavy (non-hydrogen) atoms. The SMILES string of the molecule is CC(C)n1ccc2cc([B-](F)(F)F)ccc21. The van der Waals surface area contributed by atoms with Crippen LogP contribution >= 0.6 is 0 Å². The van der Waals surface area contributed by atoms with E-state index in [4.69, 9.17) is 0 Å². The molecule has 0 amide bonds. The normalized spacial score (nSPS) is 12.6. The average Bonchev–Trinajstić information content (AvgIpc) is 2.58. The molecule has 0 aliphatic carbocycles. The summed E-state index contributed by atoms with van der Waals surface area (Å²) in [6.45, 7) is -0.901. The topological polar surface area (TPSA) is 4.93 Å². The third kappa shape index (κ3) is 1.82. The van der Waals surface area contributed by atoms with Crippen LogP contribution in [0.5, 0.6) is 0 Å². The summed E-state index contributed by atoms with van der Waals surface area (Å²) >= 11 is 0. The van der Waals surface area contributed by atoms with Gasteiger partial charge in [0.1, 0.15) is 0 Å². The molecule has 0 aliphatic heterocycles. The highest BCUT2D eigenvalue weighted by atomic mass is 19.4. The van der Waals surface area contributed by atoms with Crippen molar-refractivity contribution in [3.8, 4) is 0 Å². The Morgan fingerprint density at radius 3 is 2.38 bits per heavy atom. The maximum absolute atomic E-state index is 12.5. The van der Waals surface area contributed by atoms with Gasteiger partial charge in [0.2, 0.25) is 0 Å². The maximum Gasteiger partial charge on any atom is 0.509 e. The van der Waals surface area contributed by atoms with Gasteiger partial charge in [0, 0.05) is 17.8 Å². The van der Waals surface area contributed by atoms with Gasteiger partial charge in [0.05, 0.1) is 0 Å². The van der Waals surface area contributed by atoms with Crippen molar-refractivity contribution in [2.45, 2.75) is 19.9 Å². The highest BCUT2D eigenvalue weighted by Gasteiger charge is 2.25. The third-order valence-corrected chi connectivity index (χ3v) is 2.68. The molecule has 0 radical (unpaired) electrons. The minimum Gasteiger partial charge on any atom is -0.445 e. The van der Waals surface area contributed by atoms with Crippen LogP contribution in [0.2, 0.25) is 0 Å². The summed E-state index contributed by atoms with van der Waals surface area (Å²) < 4.78 is 39.6. The summed E-state index contributed by atoms with van der Waals surface area (Å²) in [7, 11) is 0. The molecule has 0 bridgehead atoms. The second-order valence-corrected chi connectivity index (χ2v) is 4.21. The molecule has 0 N–H and O–H groups in total. The number of rotatable bonds is 2. The molecule has 0 saturated carbocycles. The zero-order valence-corrected chi connectivity index (χ0v) is 9.12. The minimum absolute atomic E-state index is 0.250. The van der Waals surface area contributed by atoms with Crippen molar-refractivity contribution in [1.82, 2.24) is 4.57 Å². The summed E-state index contributed by atoms with van der Waals surface area (Å²) in [4.78, 5) is 0. The van der Waals surface area contributed by atoms with E-state index in [-0.39, 0.29) is 6.04 Å². The molecule has 86 valence electrons. The Morgan fingerprint density at radius 1 is 1.12 bits per heavy atom. The fourth-order valence-corrected chi connectivity index (χ4v) is 1.84. The second-order valence-electron chi connectivity index (χ2n) is 4.21. The number of hydrogen-bond acceptors (Lipinski definition) is 0. The lowest BCUT2D eigenvalue weighted by Crippen LogP contribution is -2.33. The molecular weight excluding hydrogens is 214 g/mol. The molecule has 0 atom stereocenters. The molecule has 1 nitrogen and oxygen atoms in total. The molecule has 1 aromatic heterocycles. The van der Waals surface area contributed by atoms with Crippen LogP contribution in [-0.4, -0.2) is 11.5 Å². The number of fused-ring (bicyclic) bond motifs is 1. The van der Waals surface area contributed by atoms with E-state index >= 15 is 0 Å². The number of hydrogen-bond donors (Lipinski definition) is 0. The Balaban J connectivity index is 2.58. The molecule has 0 unspecified atom stereocenters. The van der Waals surface area contributed by atoms with Crippen molar-refractivity contribution < 1.29 is 12.9 Å². The van der Waals surface area contributed by atoms with Gasteiger partial charge in [-0.05, 0) is 31.4 Å². The van der Waals surface area contributed by atoms with Gasteiger partial charge in [0.15, 0.2) is 0 Å². The Bertz CT molecular complexity index is 513. The van der Waals surface area contributed by atoms with Gasteiger partial charge in [-0.1, -0.05) is 12.1 Å². The number of halogens is 3. The van der Waals surface area contributed by atoms with Gasteiger partial charge in [-0.2, -0.15) is 0 Å². The minimum atomic E-state index is -4.90. The molecule has 1 aromatic carbocycles. The van der Waals surface area contributed by atoms with Crippen molar-refractivity contribution in [3.63, 3.8) is 0 Å². The van der Waals surface area contributed by atoms with Crippen LogP contribution in [0.1, 0.15) is 19.9 Å². The van der Waals surface area contributed by atoms with Gasteiger partial charge in [-0.25, -0.2) is 0 Å². The van der Waals surface area contributed by atoms with Crippen molar-refractivity contribution in [1.29, 1.82) is 0 Å². The summed E-state index contributed by atoms with van der Waals surface area (Å²) in [6.07, 6.45) is 1.82. The maximum atomic E-state index is 12.5. The van der Waals surface area contributed by atoms with Crippen LogP contribution in [0.4, 0.5) is 12.9 Å². The monoisotopic (exact) mass is 226 g/mol. The van der Waals surface area contributed by atoms with E-state index in [1.165, 1.54) is 6.07 Å². The highest BCUT2D eigenvalue weighted by Crippen LogP contribution is 2.20. The van der Waals surface area contributed by atoms with Crippen LogP contribution in [0.15, 0.2) is 30.5 Å². The van der Waals surface area contributed by atoms with Crippen LogP contribution < -0.4 is 5.46 Å². The Labute approximate surface area is 91.9 Å². The van der Waals surface area contributed by atoms with Crippen molar-refractivity contribution in [2.75, 3.05) is 0 Å². The van der Waals surface area contributed by atoms with E-state index in [0.717, 1.165) is 11.6 Å². The largest absolute Gasteiger partial charge is 0.509 e. The van der Waals surface area contributed by atoms with Gasteiger partial charge >= 0.3 is 6.98 Å². The van der Waals surface area contributed by atoms with E-state index in [0.29, 0.717) is 5.39 Å². The van der Waals surface area contributed by atoms with E-state index < -0.39 is 12.4 Å². The van der Waals surface area contributed by atoms with Gasteiger partial charge < -0.3 is 17.5 Å². The second kappa shape index (κ2) is 3.58. The highest BCUT2D eigenvalue weighted by molar-refractivity contribution is 6.73. The smallest absolute Gasteiger partial charge is 0.445 e. The fourth-order valence-electron chi connectivity index (χ4n) is 1.84. The average molecular weight is 226 g/mol. The molecule has 1 heterocycles. The molecular formula is C11H12BF3N-. The summed E-state index contributed by atoms with van der Waals surface area (Å²) in [5.74, 6) is 0. The van der Waals surface area contributed by atoms with Crippen molar-refractivity contribution in [3.05, 3.63) is 30.5 Å². The lowest BCUT2D eigenvalue weighted by Gasteiger charge is -2.15. The molecule has 0 spiro atoms. The van der Waals surface area contributed by atoms with Gasteiger partial charge in [-0.3, -0.25) is 0 Å². The summed E-state index contributed by atoms with van der Waals surface area (Å²) in [5.41, 5.74) is 0.313. The molecule has 0 saturated heterocycles. The van der Waals surface area contributed by atoms with Gasteiger partial charge in [0.25, 0.3) is 0 Å². The number of nitrogens with zero attached hydrogens (tertiary/aromatic N) is 1. The Morgan fingerprint density at radius 2 is 1.81 bits per heavy atom. The number of aromatic nitrogens is 1. The first-order valence-electron chi connectivity index (χ1n) is 5.20. The molecule has 2 rings (SSSR count). The van der Waals surface area contributed by atoms with Gasteiger partial charge in [-0.15, -0.1) is 5.46 Å². The Kier molecular flexibility index (Phi) is 2.48. The number of benzene rings is 1. The van der Waals surface area contributed by atoms with E-state index in [1.807, 2.05) is 24.6 Å². The van der Waals surface area contributed by atoms with Crippen molar-refractivity contribution >= 4 is 23.3 Å². The summed E-state index contributed by atoms with van der Waals surface area (Å²) in [5, 5.41) is 0.644. The Hall–Kier alpha value is -1.39. The first-order valence-corrected chi connectivity index (χ1v) is 5.20. The molecule has 0 aliphatic rings. The van der Waals surface area contributed by atoms with Crippen LogP contribution in [0.3, 0.4) is 0 Å². The quantitative estimate of drug-likeness (QED) is 0.692. The van der Waals surface area contributed by atoms with Crippen LogP contribution in [0, 0.1) is 0 Å². The predicted molar refractivity (Wildman–Crippen MR) is 61.0 cm³/mol. The van der Waals surface area contributed by atoms with Crippen LogP contribution in [0.25, 0.3) is 10.9 Å². The van der Waals surface area contributed by atoms with E-state index in [9.17, 15) is 12.9 Å². The summed E-state index contributed by atoms with van der Waals surface area (Å²) in [6, 6.07) is 5.88. The molecule has 2 aromatic rings. The van der Waals surface area contributed by atoms with Crippen molar-refractivity contribution in [2.24, 2.45) is 0 Å². The molecule has 0 fully saturated rings. The zero-order valence-electron chi connectivity index (χ0n) is 9.12. The third-order valence-electron chi connectivity index (χ3n) is 2.68. The standard InChI is InChI=1S/C11H12BF3N/c1-8(2)16-6-5-9-7-10(12(13,14)15)3-4-11(9)16/h3-8H,1-2H3/q-1. The first-order chi connectivity index (χ1) is 7.39. The van der Waals surface area contributed by atoms with Crippen LogP contribution in [-0.2, 0) is 0 Å². The fraction of sp³-hybridized carbons (Fsp3) is 0.273. The lowest BCUT2D eigenvalue weighted by molar-refractivity contribution is 0.501. The lowest BCUT2D eigenvalue weighted by atomic mass is 9.80. The zero-order chi connectivity index (χ0) is 11.9. The first kappa shape index (κ1) is 11.1. The van der Waals surface area contributed by atoms with E-state index in [2.05, 4.69) is 0 Å².